The topological polar surface area (TPSA) is 78.4 Å². The number of nitrogens with two attached hydrogens (primary N) is 1. The summed E-state index contributed by atoms with van der Waals surface area (Å²) in [4.78, 5) is 6.38. The van der Waals surface area contributed by atoms with Gasteiger partial charge in [-0.3, -0.25) is 4.68 Å². The van der Waals surface area contributed by atoms with Gasteiger partial charge in [-0.05, 0) is 57.7 Å². The van der Waals surface area contributed by atoms with Gasteiger partial charge >= 0.3 is 6.36 Å². The van der Waals surface area contributed by atoms with E-state index in [4.69, 9.17) is 15.6 Å². The van der Waals surface area contributed by atoms with Gasteiger partial charge in [-0.1, -0.05) is 0 Å². The predicted octanol–water partition coefficient (Wildman–Crippen LogP) is 4.08. The third kappa shape index (κ3) is 4.42. The maximum absolute atomic E-state index is 12.7. The highest BCUT2D eigenvalue weighted by Crippen LogP contribution is 2.64. The SMILES string of the molecule is CC(C)n1nc(-c2cnc(N)c(OC(F)(F)F)c2)cc1[C@H]1[C@@H]2C[C@@H](N(C)CC3COC3)C[C@@H]21. The monoisotopic (exact) mass is 465 g/mol. The Morgan fingerprint density at radius 1 is 1.24 bits per heavy atom. The van der Waals surface area contributed by atoms with Gasteiger partial charge in [0, 0.05) is 47.9 Å². The van der Waals surface area contributed by atoms with Crippen LogP contribution in [0.4, 0.5) is 19.0 Å². The van der Waals surface area contributed by atoms with Gasteiger partial charge in [-0.15, -0.1) is 13.2 Å². The second-order valence-electron chi connectivity index (χ2n) is 9.97. The third-order valence-electron chi connectivity index (χ3n) is 7.30. The van der Waals surface area contributed by atoms with Crippen LogP contribution in [0.1, 0.15) is 44.3 Å². The number of anilines is 1. The lowest BCUT2D eigenvalue weighted by atomic mass is 10.0. The molecular weight excluding hydrogens is 435 g/mol. The maximum Gasteiger partial charge on any atom is 0.573 e. The van der Waals surface area contributed by atoms with Crippen molar-refractivity contribution >= 4 is 5.82 Å². The summed E-state index contributed by atoms with van der Waals surface area (Å²) in [7, 11) is 2.22. The number of fused-ring (bicyclic) bond motifs is 1. The van der Waals surface area contributed by atoms with E-state index in [9.17, 15) is 13.2 Å². The van der Waals surface area contributed by atoms with Crippen molar-refractivity contribution in [3.05, 3.63) is 24.0 Å². The zero-order valence-corrected chi connectivity index (χ0v) is 19.0. The molecular formula is C23H30F3N5O2. The molecule has 180 valence electrons. The number of nitrogens with zero attached hydrogens (tertiary/aromatic N) is 4. The number of aromatic nitrogens is 3. The number of hydrogen-bond acceptors (Lipinski definition) is 6. The smallest absolute Gasteiger partial charge is 0.402 e. The molecule has 2 saturated carbocycles. The summed E-state index contributed by atoms with van der Waals surface area (Å²) in [5.41, 5.74) is 7.78. The molecule has 2 N–H and O–H groups in total. The number of halogens is 3. The zero-order chi connectivity index (χ0) is 23.5. The molecule has 1 saturated heterocycles. The summed E-state index contributed by atoms with van der Waals surface area (Å²) in [6.45, 7) is 6.97. The summed E-state index contributed by atoms with van der Waals surface area (Å²) in [6.07, 6.45) is -1.05. The molecule has 0 radical (unpaired) electrons. The van der Waals surface area contributed by atoms with E-state index < -0.39 is 12.1 Å². The van der Waals surface area contributed by atoms with E-state index in [0.717, 1.165) is 25.5 Å². The molecule has 0 aromatic carbocycles. The van der Waals surface area contributed by atoms with Crippen molar-refractivity contribution in [3.63, 3.8) is 0 Å². The molecule has 7 nitrogen and oxygen atoms in total. The minimum absolute atomic E-state index is 0.139. The second-order valence-corrected chi connectivity index (χ2v) is 9.97. The van der Waals surface area contributed by atoms with Crippen molar-refractivity contribution in [2.75, 3.05) is 32.5 Å². The van der Waals surface area contributed by atoms with Crippen molar-refractivity contribution in [2.24, 2.45) is 17.8 Å². The second kappa shape index (κ2) is 8.16. The van der Waals surface area contributed by atoms with Crippen LogP contribution in [-0.4, -0.2) is 58.9 Å². The highest BCUT2D eigenvalue weighted by molar-refractivity contribution is 5.64. The Labute approximate surface area is 191 Å². The summed E-state index contributed by atoms with van der Waals surface area (Å²) in [5.74, 6) is 1.55. The van der Waals surface area contributed by atoms with Crippen LogP contribution < -0.4 is 10.5 Å². The van der Waals surface area contributed by atoms with Gasteiger partial charge in [-0.2, -0.15) is 5.10 Å². The Morgan fingerprint density at radius 3 is 2.52 bits per heavy atom. The normalized spacial score (nSPS) is 27.2. The molecule has 2 aliphatic carbocycles. The van der Waals surface area contributed by atoms with Crippen molar-refractivity contribution in [1.82, 2.24) is 19.7 Å². The Balaban J connectivity index is 1.33. The zero-order valence-electron chi connectivity index (χ0n) is 19.0. The summed E-state index contributed by atoms with van der Waals surface area (Å²) >= 11 is 0. The Bertz CT molecular complexity index is 1010. The lowest BCUT2D eigenvalue weighted by Crippen LogP contribution is -2.42. The van der Waals surface area contributed by atoms with Crippen LogP contribution in [0.5, 0.6) is 5.75 Å². The lowest BCUT2D eigenvalue weighted by Gasteiger charge is -2.34. The summed E-state index contributed by atoms with van der Waals surface area (Å²) in [6, 6.07) is 4.00. The number of alkyl halides is 3. The number of hydrogen-bond donors (Lipinski definition) is 1. The predicted molar refractivity (Wildman–Crippen MR) is 117 cm³/mol. The van der Waals surface area contributed by atoms with Gasteiger partial charge in [0.05, 0.1) is 18.9 Å². The molecule has 2 aromatic rings. The van der Waals surface area contributed by atoms with Gasteiger partial charge < -0.3 is 20.1 Å². The number of nitrogen functional groups attached to an aromatic ring is 1. The summed E-state index contributed by atoms with van der Waals surface area (Å²) < 4.78 is 49.5. The molecule has 1 aliphatic heterocycles. The fraction of sp³-hybridized carbons (Fsp3) is 0.652. The average Bonchev–Trinajstić information content (AvgIpc) is 3.07. The van der Waals surface area contributed by atoms with Crippen LogP contribution in [0, 0.1) is 17.8 Å². The van der Waals surface area contributed by atoms with Crippen molar-refractivity contribution < 1.29 is 22.6 Å². The van der Waals surface area contributed by atoms with Crippen molar-refractivity contribution in [3.8, 4) is 17.0 Å². The first kappa shape index (κ1) is 22.5. The maximum atomic E-state index is 12.7. The third-order valence-corrected chi connectivity index (χ3v) is 7.30. The van der Waals surface area contributed by atoms with E-state index in [1.165, 1.54) is 25.1 Å². The van der Waals surface area contributed by atoms with Crippen LogP contribution in [0.3, 0.4) is 0 Å². The van der Waals surface area contributed by atoms with Gasteiger partial charge in [0.15, 0.2) is 11.6 Å². The fourth-order valence-electron chi connectivity index (χ4n) is 5.57. The van der Waals surface area contributed by atoms with Gasteiger partial charge in [0.2, 0.25) is 0 Å². The molecule has 5 rings (SSSR count). The number of ether oxygens (including phenoxy) is 2. The lowest BCUT2D eigenvalue weighted by molar-refractivity contribution is -0.274. The van der Waals surface area contributed by atoms with E-state index in [1.54, 1.807) is 0 Å². The van der Waals surface area contributed by atoms with E-state index in [2.05, 4.69) is 35.5 Å². The molecule has 10 heteroatoms. The number of rotatable bonds is 7. The molecule has 4 atom stereocenters. The van der Waals surface area contributed by atoms with Gasteiger partial charge in [-0.25, -0.2) is 4.98 Å². The summed E-state index contributed by atoms with van der Waals surface area (Å²) in [5, 5.41) is 4.72. The minimum atomic E-state index is -4.84. The first-order chi connectivity index (χ1) is 15.6. The van der Waals surface area contributed by atoms with Gasteiger partial charge in [0.1, 0.15) is 0 Å². The van der Waals surface area contributed by atoms with Crippen LogP contribution in [0.2, 0.25) is 0 Å². The van der Waals surface area contributed by atoms with E-state index in [1.807, 2.05) is 10.7 Å². The van der Waals surface area contributed by atoms with E-state index in [-0.39, 0.29) is 11.9 Å². The van der Waals surface area contributed by atoms with Crippen LogP contribution >= 0.6 is 0 Å². The molecule has 3 fully saturated rings. The molecule has 33 heavy (non-hydrogen) atoms. The van der Waals surface area contributed by atoms with E-state index in [0.29, 0.717) is 41.0 Å². The average molecular weight is 466 g/mol. The van der Waals surface area contributed by atoms with Gasteiger partial charge in [0.25, 0.3) is 0 Å². The molecule has 0 spiro atoms. The molecule has 3 heterocycles. The first-order valence-corrected chi connectivity index (χ1v) is 11.5. The standard InChI is InChI=1S/C23H30F3N5O2/c1-12(2)31-19(21-16-5-15(6-17(16)21)30(3)9-13-10-32-11-13)7-18(29-31)14-4-20(22(27)28-8-14)33-23(24,25)26/h4,7-8,12-13,15-17,21H,5-6,9-11H2,1-3H3,(H2,27,28)/t15-,16-,17+,21+. The molecule has 2 aromatic heterocycles. The molecule has 0 unspecified atom stereocenters. The fourth-order valence-corrected chi connectivity index (χ4v) is 5.57. The Morgan fingerprint density at radius 2 is 1.94 bits per heavy atom. The largest absolute Gasteiger partial charge is 0.573 e. The van der Waals surface area contributed by atoms with Crippen LogP contribution in [0.25, 0.3) is 11.3 Å². The first-order valence-electron chi connectivity index (χ1n) is 11.5. The Hall–Kier alpha value is -2.33. The highest BCUT2D eigenvalue weighted by atomic mass is 19.4. The quantitative estimate of drug-likeness (QED) is 0.664. The Kier molecular flexibility index (Phi) is 5.55. The van der Waals surface area contributed by atoms with Crippen LogP contribution in [0.15, 0.2) is 18.3 Å². The van der Waals surface area contributed by atoms with Crippen LogP contribution in [-0.2, 0) is 4.74 Å². The number of pyridine rings is 1. The van der Waals surface area contributed by atoms with Crippen molar-refractivity contribution in [2.45, 2.75) is 51.1 Å². The molecule has 3 aliphatic rings. The minimum Gasteiger partial charge on any atom is -0.402 e. The molecule has 0 amide bonds. The van der Waals surface area contributed by atoms with Crippen molar-refractivity contribution in [1.29, 1.82) is 0 Å². The van der Waals surface area contributed by atoms with E-state index >= 15 is 0 Å². The highest BCUT2D eigenvalue weighted by Gasteiger charge is 2.58. The molecule has 0 bridgehead atoms.